The zero-order chi connectivity index (χ0) is 6.57. The van der Waals surface area contributed by atoms with Gasteiger partial charge in [-0.25, -0.2) is 0 Å². The molecule has 0 radical (unpaired) electrons. The van der Waals surface area contributed by atoms with E-state index in [0.29, 0.717) is 0 Å². The summed E-state index contributed by atoms with van der Waals surface area (Å²) in [7, 11) is 0. The number of aliphatic carboxylic acids is 1. The fourth-order valence-electron chi connectivity index (χ4n) is 0.240. The van der Waals surface area contributed by atoms with Crippen LogP contribution >= 0.6 is 0 Å². The van der Waals surface area contributed by atoms with E-state index in [4.69, 9.17) is 10.2 Å². The van der Waals surface area contributed by atoms with Crippen LogP contribution in [0.5, 0.6) is 0 Å². The Morgan fingerprint density at radius 2 is 2.11 bits per heavy atom. The van der Waals surface area contributed by atoms with Crippen molar-refractivity contribution in [3.63, 3.8) is 0 Å². The molecular formula is C4H7NaO4. The van der Waals surface area contributed by atoms with E-state index in [1.165, 1.54) is 0 Å². The largest absolute Gasteiger partial charge is 1.00 e. The topological polar surface area (TPSA) is 80.6 Å². The van der Waals surface area contributed by atoms with Crippen molar-refractivity contribution in [1.29, 1.82) is 0 Å². The fraction of sp³-hybridized carbons (Fsp3) is 0.750. The smallest absolute Gasteiger partial charge is 0.547 e. The molecular weight excluding hydrogens is 135 g/mol. The van der Waals surface area contributed by atoms with Crippen molar-refractivity contribution >= 4 is 5.97 Å². The molecule has 1 unspecified atom stereocenters. The molecule has 0 spiro atoms. The minimum Gasteiger partial charge on any atom is -0.547 e. The van der Waals surface area contributed by atoms with Crippen molar-refractivity contribution in [1.82, 2.24) is 0 Å². The standard InChI is InChI=1S/C4H8O4.Na/c5-2-1-3(6)4(7)8;/h3,5-6H,1-2H2,(H,7,8);/q;+1/p-1. The maximum Gasteiger partial charge on any atom is 1.00 e. The second-order valence-corrected chi connectivity index (χ2v) is 1.35. The number of hydrogen-bond donors (Lipinski definition) is 2. The van der Waals surface area contributed by atoms with Gasteiger partial charge in [0.15, 0.2) is 0 Å². The Morgan fingerprint density at radius 3 is 2.22 bits per heavy atom. The molecule has 0 aromatic heterocycles. The predicted molar refractivity (Wildman–Crippen MR) is 22.7 cm³/mol. The minimum absolute atomic E-state index is 0. The van der Waals surface area contributed by atoms with Crippen LogP contribution in [0, 0.1) is 0 Å². The molecule has 0 fully saturated rings. The number of rotatable bonds is 3. The van der Waals surface area contributed by atoms with Gasteiger partial charge in [0.1, 0.15) is 0 Å². The van der Waals surface area contributed by atoms with E-state index >= 15 is 0 Å². The molecule has 4 nitrogen and oxygen atoms in total. The molecule has 5 heteroatoms. The molecule has 2 N–H and O–H groups in total. The molecule has 1 atom stereocenters. The van der Waals surface area contributed by atoms with Crippen LogP contribution < -0.4 is 34.7 Å². The maximum absolute atomic E-state index is 9.62. The number of carboxylic acid groups (broad SMARTS) is 1. The number of hydrogen-bond acceptors (Lipinski definition) is 4. The molecule has 48 valence electrons. The molecule has 0 saturated carbocycles. The number of carboxylic acids is 1. The number of carbonyl (C=O) groups is 1. The van der Waals surface area contributed by atoms with Gasteiger partial charge in [-0.15, -0.1) is 0 Å². The minimum atomic E-state index is -1.54. The molecule has 0 heterocycles. The molecule has 9 heavy (non-hydrogen) atoms. The van der Waals surface area contributed by atoms with E-state index in [0.717, 1.165) is 0 Å². The Kier molecular flexibility index (Phi) is 8.75. The summed E-state index contributed by atoms with van der Waals surface area (Å²) in [5.74, 6) is -1.54. The van der Waals surface area contributed by atoms with Gasteiger partial charge in [-0.1, -0.05) is 0 Å². The number of aliphatic hydroxyl groups is 2. The Hall–Kier alpha value is 0.390. The summed E-state index contributed by atoms with van der Waals surface area (Å²) in [6.07, 6.45) is -1.69. The molecule has 0 aliphatic heterocycles. The zero-order valence-electron chi connectivity index (χ0n) is 5.20. The van der Waals surface area contributed by atoms with Crippen molar-refractivity contribution in [3.05, 3.63) is 0 Å². The molecule has 0 aromatic carbocycles. The second kappa shape index (κ2) is 6.51. The average Bonchev–Trinajstić information content (AvgIpc) is 1.67. The Morgan fingerprint density at radius 1 is 1.67 bits per heavy atom. The normalized spacial score (nSPS) is 11.8. The van der Waals surface area contributed by atoms with Gasteiger partial charge in [0.2, 0.25) is 0 Å². The Bertz CT molecular complexity index is 84.6. The molecule has 0 aliphatic rings. The van der Waals surface area contributed by atoms with Gasteiger partial charge in [0.25, 0.3) is 0 Å². The van der Waals surface area contributed by atoms with Crippen LogP contribution in [0.1, 0.15) is 6.42 Å². The van der Waals surface area contributed by atoms with E-state index in [2.05, 4.69) is 0 Å². The maximum atomic E-state index is 9.62. The van der Waals surface area contributed by atoms with Gasteiger partial charge in [-0.3, -0.25) is 0 Å². The average molecular weight is 142 g/mol. The van der Waals surface area contributed by atoms with Crippen LogP contribution in [0.15, 0.2) is 0 Å². The Balaban J connectivity index is 0. The van der Waals surface area contributed by atoms with Gasteiger partial charge in [-0.2, -0.15) is 0 Å². The molecule has 0 rings (SSSR count). The monoisotopic (exact) mass is 142 g/mol. The van der Waals surface area contributed by atoms with E-state index in [1.807, 2.05) is 0 Å². The summed E-state index contributed by atoms with van der Waals surface area (Å²) < 4.78 is 0. The summed E-state index contributed by atoms with van der Waals surface area (Å²) in [6, 6.07) is 0. The van der Waals surface area contributed by atoms with Crippen molar-refractivity contribution in [2.45, 2.75) is 12.5 Å². The summed E-state index contributed by atoms with van der Waals surface area (Å²) in [4.78, 5) is 9.62. The second-order valence-electron chi connectivity index (χ2n) is 1.35. The van der Waals surface area contributed by atoms with Gasteiger partial charge in [-0.05, 0) is 0 Å². The SMILES string of the molecule is O=C([O-])C(O)CCO.[Na+]. The first-order valence-corrected chi connectivity index (χ1v) is 2.18. The van der Waals surface area contributed by atoms with Crippen molar-refractivity contribution in [2.24, 2.45) is 0 Å². The molecule has 0 aliphatic carbocycles. The van der Waals surface area contributed by atoms with Crippen LogP contribution in [-0.4, -0.2) is 28.9 Å². The zero-order valence-corrected chi connectivity index (χ0v) is 7.20. The molecule has 0 bridgehead atoms. The summed E-state index contributed by atoms with van der Waals surface area (Å²) in [5.41, 5.74) is 0. The van der Waals surface area contributed by atoms with Crippen LogP contribution in [0.4, 0.5) is 0 Å². The Labute approximate surface area is 74.8 Å². The number of aliphatic hydroxyl groups excluding tert-OH is 2. The van der Waals surface area contributed by atoms with Gasteiger partial charge >= 0.3 is 29.6 Å². The summed E-state index contributed by atoms with van der Waals surface area (Å²) in [6.45, 7) is -0.338. The van der Waals surface area contributed by atoms with Gasteiger partial charge in [0.05, 0.1) is 12.1 Å². The summed E-state index contributed by atoms with van der Waals surface area (Å²) in [5, 5.41) is 26.0. The van der Waals surface area contributed by atoms with Gasteiger partial charge < -0.3 is 20.1 Å². The first-order valence-electron chi connectivity index (χ1n) is 2.18. The van der Waals surface area contributed by atoms with E-state index < -0.39 is 12.1 Å². The third-order valence-electron chi connectivity index (χ3n) is 0.675. The third kappa shape index (κ3) is 6.27. The molecule has 0 saturated heterocycles. The fourth-order valence-corrected chi connectivity index (χ4v) is 0.240. The molecule has 0 amide bonds. The van der Waals surface area contributed by atoms with E-state index in [-0.39, 0.29) is 42.6 Å². The first kappa shape index (κ1) is 12.1. The van der Waals surface area contributed by atoms with Crippen molar-refractivity contribution < 1.29 is 49.7 Å². The first-order chi connectivity index (χ1) is 3.68. The van der Waals surface area contributed by atoms with Crippen molar-refractivity contribution in [2.75, 3.05) is 6.61 Å². The van der Waals surface area contributed by atoms with E-state index in [1.54, 1.807) is 0 Å². The predicted octanol–water partition coefficient (Wildman–Crippen LogP) is -5.52. The van der Waals surface area contributed by atoms with E-state index in [9.17, 15) is 9.90 Å². The quantitative estimate of drug-likeness (QED) is 0.385. The van der Waals surface area contributed by atoms with Crippen LogP contribution in [0.3, 0.4) is 0 Å². The van der Waals surface area contributed by atoms with Crippen LogP contribution in [0.25, 0.3) is 0 Å². The summed E-state index contributed by atoms with van der Waals surface area (Å²) >= 11 is 0. The van der Waals surface area contributed by atoms with Crippen molar-refractivity contribution in [3.8, 4) is 0 Å². The van der Waals surface area contributed by atoms with Gasteiger partial charge in [0, 0.05) is 13.0 Å². The van der Waals surface area contributed by atoms with Crippen LogP contribution in [-0.2, 0) is 4.79 Å². The third-order valence-corrected chi connectivity index (χ3v) is 0.675. The number of carbonyl (C=O) groups excluding carboxylic acids is 1. The molecule has 0 aromatic rings. The van der Waals surface area contributed by atoms with Crippen LogP contribution in [0.2, 0.25) is 0 Å².